The molecule has 3 saturated heterocycles. The van der Waals surface area contributed by atoms with Gasteiger partial charge in [0.2, 0.25) is 11.8 Å². The summed E-state index contributed by atoms with van der Waals surface area (Å²) in [5.74, 6) is -0.281. The van der Waals surface area contributed by atoms with Gasteiger partial charge in [-0.05, 0) is 43.9 Å². The average Bonchev–Trinajstić information content (AvgIpc) is 3.52. The van der Waals surface area contributed by atoms with Crippen molar-refractivity contribution < 1.29 is 14.4 Å². The monoisotopic (exact) mass is 437 g/mol. The standard InChI is InChI=1S/C24H31N5O3/c1-15(23(31)28-9-5-8-19(28)12-25)13-27-14-20-11-21(27)24(32)29(20)16(2)17-6-4-7-18(10-17)22(30)26-3/h4,6-7,10,15-16,19-21H,5,8-9,11,13-14H2,1-3H3,(H,26,30)/t15-,16-,19-,20+,21+/m0/s1. The topological polar surface area (TPSA) is 96.8 Å². The summed E-state index contributed by atoms with van der Waals surface area (Å²) in [4.78, 5) is 43.9. The summed E-state index contributed by atoms with van der Waals surface area (Å²) in [5, 5.41) is 11.9. The van der Waals surface area contributed by atoms with Gasteiger partial charge in [-0.1, -0.05) is 19.1 Å². The number of nitriles is 1. The molecule has 1 aromatic carbocycles. The molecular formula is C24H31N5O3. The first kappa shape index (κ1) is 22.3. The first-order valence-electron chi connectivity index (χ1n) is 11.4. The lowest BCUT2D eigenvalue weighted by atomic mass is 10.0. The minimum Gasteiger partial charge on any atom is -0.355 e. The molecule has 0 saturated carbocycles. The molecule has 4 rings (SSSR count). The van der Waals surface area contributed by atoms with Crippen LogP contribution in [0.5, 0.6) is 0 Å². The van der Waals surface area contributed by atoms with Crippen molar-refractivity contribution in [1.29, 1.82) is 5.26 Å². The zero-order valence-corrected chi connectivity index (χ0v) is 19.0. The summed E-state index contributed by atoms with van der Waals surface area (Å²) in [5.41, 5.74) is 1.53. The first-order chi connectivity index (χ1) is 15.3. The normalized spacial score (nSPS) is 26.8. The smallest absolute Gasteiger partial charge is 0.251 e. The van der Waals surface area contributed by atoms with E-state index in [1.807, 2.05) is 36.9 Å². The van der Waals surface area contributed by atoms with Gasteiger partial charge in [-0.3, -0.25) is 19.3 Å². The van der Waals surface area contributed by atoms with Crippen LogP contribution in [0.4, 0.5) is 0 Å². The van der Waals surface area contributed by atoms with Crippen LogP contribution >= 0.6 is 0 Å². The molecule has 170 valence electrons. The number of hydrogen-bond donors (Lipinski definition) is 1. The highest BCUT2D eigenvalue weighted by Gasteiger charge is 2.51. The third-order valence-electron chi connectivity index (χ3n) is 7.20. The SMILES string of the molecule is CNC(=O)c1cccc([C@H](C)N2C(=O)[C@H]3C[C@@H]2CN3C[C@H](C)C(=O)N2CCC[C@H]2C#N)c1. The number of nitrogens with one attached hydrogen (secondary N) is 1. The van der Waals surface area contributed by atoms with Crippen molar-refractivity contribution in [2.45, 2.75) is 57.3 Å². The number of carbonyl (C=O) groups is 3. The van der Waals surface area contributed by atoms with Crippen molar-refractivity contribution in [1.82, 2.24) is 20.0 Å². The predicted octanol–water partition coefficient (Wildman–Crippen LogP) is 1.54. The number of carbonyl (C=O) groups excluding carboxylic acids is 3. The summed E-state index contributed by atoms with van der Waals surface area (Å²) in [7, 11) is 1.60. The van der Waals surface area contributed by atoms with E-state index in [2.05, 4.69) is 16.3 Å². The Labute approximate surface area is 189 Å². The summed E-state index contributed by atoms with van der Waals surface area (Å²) in [6, 6.07) is 9.12. The minimum absolute atomic E-state index is 0.0144. The lowest BCUT2D eigenvalue weighted by Gasteiger charge is -2.38. The molecule has 5 atom stereocenters. The number of likely N-dealkylation sites (tertiary alicyclic amines) is 3. The van der Waals surface area contributed by atoms with E-state index < -0.39 is 0 Å². The molecule has 0 radical (unpaired) electrons. The van der Waals surface area contributed by atoms with E-state index in [1.165, 1.54) is 0 Å². The van der Waals surface area contributed by atoms with Crippen LogP contribution in [0.2, 0.25) is 0 Å². The molecule has 0 spiro atoms. The van der Waals surface area contributed by atoms with Gasteiger partial charge in [0.15, 0.2) is 0 Å². The molecule has 3 aliphatic rings. The highest BCUT2D eigenvalue weighted by atomic mass is 16.2. The van der Waals surface area contributed by atoms with Gasteiger partial charge in [0.25, 0.3) is 5.91 Å². The number of fused-ring (bicyclic) bond motifs is 2. The molecule has 8 nitrogen and oxygen atoms in total. The van der Waals surface area contributed by atoms with Crippen LogP contribution in [0.1, 0.15) is 55.1 Å². The summed E-state index contributed by atoms with van der Waals surface area (Å²) in [6.07, 6.45) is 2.39. The maximum Gasteiger partial charge on any atom is 0.251 e. The Morgan fingerprint density at radius 1 is 1.31 bits per heavy atom. The molecule has 0 aromatic heterocycles. The number of hydrogen-bond acceptors (Lipinski definition) is 5. The van der Waals surface area contributed by atoms with Crippen LogP contribution in [-0.4, -0.2) is 77.2 Å². The van der Waals surface area contributed by atoms with Crippen LogP contribution in [-0.2, 0) is 9.59 Å². The van der Waals surface area contributed by atoms with Crippen molar-refractivity contribution in [3.8, 4) is 6.07 Å². The largest absolute Gasteiger partial charge is 0.355 e. The zero-order valence-electron chi connectivity index (χ0n) is 19.0. The van der Waals surface area contributed by atoms with Crippen molar-refractivity contribution in [3.05, 3.63) is 35.4 Å². The highest BCUT2D eigenvalue weighted by Crippen LogP contribution is 2.38. The predicted molar refractivity (Wildman–Crippen MR) is 118 cm³/mol. The fourth-order valence-electron chi connectivity index (χ4n) is 5.52. The second-order valence-corrected chi connectivity index (χ2v) is 9.21. The number of piperazine rings is 1. The molecule has 3 heterocycles. The van der Waals surface area contributed by atoms with Crippen LogP contribution < -0.4 is 5.32 Å². The third kappa shape index (κ3) is 3.86. The van der Waals surface area contributed by atoms with Crippen molar-refractivity contribution in [2.24, 2.45) is 5.92 Å². The van der Waals surface area contributed by atoms with Gasteiger partial charge in [-0.25, -0.2) is 0 Å². The van der Waals surface area contributed by atoms with Crippen molar-refractivity contribution in [2.75, 3.05) is 26.7 Å². The van der Waals surface area contributed by atoms with Crippen molar-refractivity contribution in [3.63, 3.8) is 0 Å². The van der Waals surface area contributed by atoms with Gasteiger partial charge in [0, 0.05) is 44.2 Å². The number of benzene rings is 1. The molecule has 1 N–H and O–H groups in total. The minimum atomic E-state index is -0.316. The van der Waals surface area contributed by atoms with E-state index in [1.54, 1.807) is 18.0 Å². The van der Waals surface area contributed by atoms with Crippen molar-refractivity contribution >= 4 is 17.7 Å². The molecule has 1 aromatic rings. The van der Waals surface area contributed by atoms with E-state index in [4.69, 9.17) is 0 Å². The molecule has 3 fully saturated rings. The summed E-state index contributed by atoms with van der Waals surface area (Å²) < 4.78 is 0. The molecular weight excluding hydrogens is 406 g/mol. The molecule has 3 amide bonds. The Balaban J connectivity index is 1.41. The first-order valence-corrected chi connectivity index (χ1v) is 11.4. The second kappa shape index (κ2) is 8.91. The van der Waals surface area contributed by atoms with E-state index in [0.717, 1.165) is 31.4 Å². The second-order valence-electron chi connectivity index (χ2n) is 9.21. The number of amides is 3. The van der Waals surface area contributed by atoms with Gasteiger partial charge in [0.1, 0.15) is 6.04 Å². The quantitative estimate of drug-likeness (QED) is 0.728. The van der Waals surface area contributed by atoms with E-state index in [0.29, 0.717) is 18.7 Å². The summed E-state index contributed by atoms with van der Waals surface area (Å²) >= 11 is 0. The van der Waals surface area contributed by atoms with Gasteiger partial charge in [0.05, 0.1) is 18.2 Å². The molecule has 2 bridgehead atoms. The number of nitrogens with zero attached hydrogens (tertiary/aromatic N) is 4. The fraction of sp³-hybridized carbons (Fsp3) is 0.583. The lowest BCUT2D eigenvalue weighted by Crippen LogP contribution is -2.53. The molecule has 0 unspecified atom stereocenters. The third-order valence-corrected chi connectivity index (χ3v) is 7.20. The highest BCUT2D eigenvalue weighted by molar-refractivity contribution is 5.94. The Bertz CT molecular complexity index is 957. The van der Waals surface area contributed by atoms with Crippen LogP contribution in [0, 0.1) is 17.2 Å². The fourth-order valence-corrected chi connectivity index (χ4v) is 5.52. The van der Waals surface area contributed by atoms with Gasteiger partial charge < -0.3 is 15.1 Å². The summed E-state index contributed by atoms with van der Waals surface area (Å²) in [6.45, 7) is 5.83. The lowest BCUT2D eigenvalue weighted by molar-refractivity contribution is -0.142. The Morgan fingerprint density at radius 2 is 2.09 bits per heavy atom. The van der Waals surface area contributed by atoms with Crippen LogP contribution in [0.15, 0.2) is 24.3 Å². The van der Waals surface area contributed by atoms with Gasteiger partial charge in [-0.15, -0.1) is 0 Å². The maximum absolute atomic E-state index is 13.2. The van der Waals surface area contributed by atoms with Gasteiger partial charge >= 0.3 is 0 Å². The van der Waals surface area contributed by atoms with E-state index >= 15 is 0 Å². The Kier molecular flexibility index (Phi) is 6.20. The zero-order chi connectivity index (χ0) is 23.0. The Morgan fingerprint density at radius 3 is 2.78 bits per heavy atom. The van der Waals surface area contributed by atoms with Crippen LogP contribution in [0.3, 0.4) is 0 Å². The van der Waals surface area contributed by atoms with E-state index in [-0.39, 0.29) is 47.8 Å². The molecule has 8 heteroatoms. The Hall–Kier alpha value is -2.92. The van der Waals surface area contributed by atoms with E-state index in [9.17, 15) is 19.6 Å². The van der Waals surface area contributed by atoms with Crippen LogP contribution in [0.25, 0.3) is 0 Å². The maximum atomic E-state index is 13.2. The molecule has 3 aliphatic heterocycles. The van der Waals surface area contributed by atoms with Gasteiger partial charge in [-0.2, -0.15) is 5.26 Å². The molecule has 0 aliphatic carbocycles. The molecule has 32 heavy (non-hydrogen) atoms. The number of rotatable bonds is 6. The average molecular weight is 438 g/mol.